The van der Waals surface area contributed by atoms with Gasteiger partial charge in [0.05, 0.1) is 17.7 Å². The Labute approximate surface area is 117 Å². The third-order valence-electron chi connectivity index (χ3n) is 3.60. The molecule has 1 aromatic heterocycles. The molecule has 0 spiro atoms. The summed E-state index contributed by atoms with van der Waals surface area (Å²) in [5.41, 5.74) is 2.40. The number of thioether (sulfide) groups is 1. The molecule has 0 saturated carbocycles. The van der Waals surface area contributed by atoms with Gasteiger partial charge in [0.1, 0.15) is 0 Å². The molecule has 0 aliphatic carbocycles. The first-order valence-electron chi connectivity index (χ1n) is 6.59. The fourth-order valence-electron chi connectivity index (χ4n) is 2.42. The quantitative estimate of drug-likeness (QED) is 0.934. The zero-order valence-corrected chi connectivity index (χ0v) is 12.0. The van der Waals surface area contributed by atoms with Crippen molar-refractivity contribution in [1.29, 1.82) is 0 Å². The highest BCUT2D eigenvalue weighted by Crippen LogP contribution is 2.45. The van der Waals surface area contributed by atoms with Crippen LogP contribution in [0.1, 0.15) is 37.0 Å². The van der Waals surface area contributed by atoms with Gasteiger partial charge in [-0.05, 0) is 23.1 Å². The molecule has 1 aromatic carbocycles. The number of nitrogens with zero attached hydrogens (tertiary/aromatic N) is 2. The average molecular weight is 274 g/mol. The zero-order chi connectivity index (χ0) is 13.4. The van der Waals surface area contributed by atoms with Crippen molar-refractivity contribution in [2.45, 2.75) is 42.6 Å². The molecular weight excluding hydrogens is 256 g/mol. The predicted molar refractivity (Wildman–Crippen MR) is 77.4 cm³/mol. The van der Waals surface area contributed by atoms with Gasteiger partial charge in [-0.15, -0.1) is 11.8 Å². The van der Waals surface area contributed by atoms with Crippen molar-refractivity contribution in [2.24, 2.45) is 0 Å². The fourth-order valence-corrected chi connectivity index (χ4v) is 3.80. The highest BCUT2D eigenvalue weighted by molar-refractivity contribution is 8.00. The van der Waals surface area contributed by atoms with E-state index in [1.165, 1.54) is 10.5 Å². The van der Waals surface area contributed by atoms with Crippen LogP contribution in [0.3, 0.4) is 0 Å². The Kier molecular flexibility index (Phi) is 3.37. The lowest BCUT2D eigenvalue weighted by Crippen LogP contribution is -2.16. The summed E-state index contributed by atoms with van der Waals surface area (Å²) < 4.78 is 2.02. The van der Waals surface area contributed by atoms with Gasteiger partial charge >= 0.3 is 0 Å². The first kappa shape index (κ1) is 12.8. The minimum atomic E-state index is -0.386. The van der Waals surface area contributed by atoms with Crippen LogP contribution in [-0.2, 0) is 6.54 Å². The number of hydrogen-bond donors (Lipinski definition) is 1. The zero-order valence-electron chi connectivity index (χ0n) is 11.2. The summed E-state index contributed by atoms with van der Waals surface area (Å²) in [5.74, 6) is 0.524. The van der Waals surface area contributed by atoms with Gasteiger partial charge in [0.25, 0.3) is 0 Å². The molecule has 100 valence electrons. The number of hydrogen-bond acceptors (Lipinski definition) is 3. The molecule has 1 aliphatic heterocycles. The Morgan fingerprint density at radius 3 is 2.95 bits per heavy atom. The van der Waals surface area contributed by atoms with Gasteiger partial charge in [-0.2, -0.15) is 0 Å². The molecule has 2 heterocycles. The molecule has 2 unspecified atom stereocenters. The van der Waals surface area contributed by atoms with E-state index < -0.39 is 0 Å². The molecule has 1 aliphatic rings. The van der Waals surface area contributed by atoms with E-state index in [2.05, 4.69) is 37.0 Å². The third kappa shape index (κ3) is 2.42. The minimum absolute atomic E-state index is 0.173. The summed E-state index contributed by atoms with van der Waals surface area (Å²) in [6, 6.07) is 6.44. The second kappa shape index (κ2) is 5.02. The van der Waals surface area contributed by atoms with Gasteiger partial charge in [0.15, 0.2) is 0 Å². The first-order chi connectivity index (χ1) is 9.15. The number of aromatic nitrogens is 2. The molecule has 0 amide bonds. The van der Waals surface area contributed by atoms with Crippen molar-refractivity contribution in [3.63, 3.8) is 0 Å². The van der Waals surface area contributed by atoms with E-state index in [-0.39, 0.29) is 11.4 Å². The largest absolute Gasteiger partial charge is 0.387 e. The smallest absolute Gasteiger partial charge is 0.0946 e. The molecule has 1 N–H and O–H groups in total. The van der Waals surface area contributed by atoms with Gasteiger partial charge in [-0.3, -0.25) is 0 Å². The number of fused-ring (bicyclic) bond motifs is 1. The van der Waals surface area contributed by atoms with Crippen LogP contribution in [0, 0.1) is 0 Å². The van der Waals surface area contributed by atoms with Gasteiger partial charge in [0, 0.05) is 23.8 Å². The maximum atomic E-state index is 10.4. The summed E-state index contributed by atoms with van der Waals surface area (Å²) in [5, 5.41) is 10.6. The van der Waals surface area contributed by atoms with E-state index in [0.29, 0.717) is 5.92 Å². The highest BCUT2D eigenvalue weighted by atomic mass is 32.2. The monoisotopic (exact) mass is 274 g/mol. The Morgan fingerprint density at radius 2 is 2.26 bits per heavy atom. The Morgan fingerprint density at radius 1 is 1.42 bits per heavy atom. The Balaban J connectivity index is 1.82. The second-order valence-corrected chi connectivity index (χ2v) is 6.59. The highest BCUT2D eigenvalue weighted by Gasteiger charge is 2.32. The summed E-state index contributed by atoms with van der Waals surface area (Å²) in [6.45, 7) is 5.18. The van der Waals surface area contributed by atoms with Crippen molar-refractivity contribution >= 4 is 11.8 Å². The Bertz CT molecular complexity index is 566. The molecule has 3 rings (SSSR count). The van der Waals surface area contributed by atoms with E-state index >= 15 is 0 Å². The maximum absolute atomic E-state index is 10.4. The normalized spacial score (nSPS) is 21.9. The Hall–Kier alpha value is -1.26. The molecule has 4 heteroatoms. The van der Waals surface area contributed by atoms with E-state index in [4.69, 9.17) is 0 Å². The lowest BCUT2D eigenvalue weighted by Gasteiger charge is -2.14. The van der Waals surface area contributed by atoms with Crippen LogP contribution >= 0.6 is 11.8 Å². The lowest BCUT2D eigenvalue weighted by atomic mass is 9.99. The molecule has 2 aromatic rings. The number of rotatable bonds is 3. The standard InChI is InChI=1S/C15H18N2OS/c1-10(2)11-3-4-12-13(7-11)19-14(15(12)18)8-17-6-5-16-9-17/h3-7,9-10,14-15,18H,8H2,1-2H3. The van der Waals surface area contributed by atoms with Crippen LogP contribution in [0.4, 0.5) is 0 Å². The number of aliphatic hydroxyl groups is 1. The average Bonchev–Trinajstić information content (AvgIpc) is 2.99. The van der Waals surface area contributed by atoms with Crippen LogP contribution in [0.5, 0.6) is 0 Å². The van der Waals surface area contributed by atoms with Gasteiger partial charge in [-0.25, -0.2) is 4.98 Å². The van der Waals surface area contributed by atoms with Crippen LogP contribution < -0.4 is 0 Å². The van der Waals surface area contributed by atoms with Crippen LogP contribution in [0.15, 0.2) is 41.8 Å². The molecule has 19 heavy (non-hydrogen) atoms. The van der Waals surface area contributed by atoms with Crippen molar-refractivity contribution in [1.82, 2.24) is 9.55 Å². The predicted octanol–water partition coefficient (Wildman–Crippen LogP) is 3.21. The molecule has 0 radical (unpaired) electrons. The van der Waals surface area contributed by atoms with Gasteiger partial charge < -0.3 is 9.67 Å². The third-order valence-corrected chi connectivity index (χ3v) is 4.92. The minimum Gasteiger partial charge on any atom is -0.387 e. The SMILES string of the molecule is CC(C)c1ccc2c(c1)SC(Cn1ccnc1)C2O. The van der Waals surface area contributed by atoms with E-state index in [1.807, 2.05) is 10.8 Å². The fraction of sp³-hybridized carbons (Fsp3) is 0.400. The summed E-state index contributed by atoms with van der Waals surface area (Å²) in [6.07, 6.45) is 5.13. The van der Waals surface area contributed by atoms with Crippen molar-refractivity contribution in [2.75, 3.05) is 0 Å². The number of imidazole rings is 1. The van der Waals surface area contributed by atoms with Crippen LogP contribution in [-0.4, -0.2) is 19.9 Å². The maximum Gasteiger partial charge on any atom is 0.0946 e. The topological polar surface area (TPSA) is 38.0 Å². The van der Waals surface area contributed by atoms with Crippen molar-refractivity contribution in [3.05, 3.63) is 48.0 Å². The molecular formula is C15H18N2OS. The van der Waals surface area contributed by atoms with E-state index in [1.54, 1.807) is 24.3 Å². The summed E-state index contributed by atoms with van der Waals surface area (Å²) in [4.78, 5) is 5.27. The van der Waals surface area contributed by atoms with E-state index in [9.17, 15) is 5.11 Å². The van der Waals surface area contributed by atoms with Crippen molar-refractivity contribution in [3.8, 4) is 0 Å². The molecule has 0 bridgehead atoms. The first-order valence-corrected chi connectivity index (χ1v) is 7.47. The van der Waals surface area contributed by atoms with Crippen molar-refractivity contribution < 1.29 is 5.11 Å². The molecule has 2 atom stereocenters. The van der Waals surface area contributed by atoms with Gasteiger partial charge in [-0.1, -0.05) is 26.0 Å². The lowest BCUT2D eigenvalue weighted by molar-refractivity contribution is 0.170. The van der Waals surface area contributed by atoms with Crippen LogP contribution in [0.2, 0.25) is 0 Å². The second-order valence-electron chi connectivity index (χ2n) is 5.31. The molecule has 3 nitrogen and oxygen atoms in total. The molecule has 0 fully saturated rings. The number of aliphatic hydroxyl groups excluding tert-OH is 1. The van der Waals surface area contributed by atoms with Gasteiger partial charge in [0.2, 0.25) is 0 Å². The van der Waals surface area contributed by atoms with E-state index in [0.717, 1.165) is 12.1 Å². The number of benzene rings is 1. The summed E-state index contributed by atoms with van der Waals surface area (Å²) in [7, 11) is 0. The van der Waals surface area contributed by atoms with Crippen LogP contribution in [0.25, 0.3) is 0 Å². The summed E-state index contributed by atoms with van der Waals surface area (Å²) >= 11 is 1.78. The molecule has 0 saturated heterocycles.